The first-order valence-electron chi connectivity index (χ1n) is 5.72. The third-order valence-corrected chi connectivity index (χ3v) is 4.18. The molecule has 0 saturated heterocycles. The van der Waals surface area contributed by atoms with Crippen LogP contribution in [0.3, 0.4) is 0 Å². The van der Waals surface area contributed by atoms with Gasteiger partial charge < -0.3 is 11.1 Å². The maximum absolute atomic E-state index is 11.8. The van der Waals surface area contributed by atoms with Gasteiger partial charge in [-0.05, 0) is 18.2 Å². The highest BCUT2D eigenvalue weighted by Crippen LogP contribution is 2.23. The quantitative estimate of drug-likeness (QED) is 0.620. The van der Waals surface area contributed by atoms with Gasteiger partial charge in [-0.15, -0.1) is 13.2 Å². The number of alkyl halides is 3. The van der Waals surface area contributed by atoms with Crippen LogP contribution in [-0.4, -0.2) is 33.7 Å². The first kappa shape index (κ1) is 16.6. The van der Waals surface area contributed by atoms with Crippen LogP contribution in [0.2, 0.25) is 0 Å². The van der Waals surface area contributed by atoms with Crippen LogP contribution in [0.1, 0.15) is 6.92 Å². The van der Waals surface area contributed by atoms with Crippen LogP contribution in [0.15, 0.2) is 23.1 Å². The van der Waals surface area contributed by atoms with Gasteiger partial charge in [-0.3, -0.25) is 4.74 Å². The van der Waals surface area contributed by atoms with Gasteiger partial charge in [0.2, 0.25) is 0 Å². The maximum Gasteiger partial charge on any atom is 0.522 e. The predicted octanol–water partition coefficient (Wildman–Crippen LogP) is 2.01. The Labute approximate surface area is 114 Å². The lowest BCUT2D eigenvalue weighted by molar-refractivity contribution is -0.322. The van der Waals surface area contributed by atoms with Gasteiger partial charge in [-0.1, -0.05) is 6.92 Å². The summed E-state index contributed by atoms with van der Waals surface area (Å²) >= 11 is 0. The zero-order valence-electron chi connectivity index (χ0n) is 10.7. The minimum Gasteiger partial charge on any atom is -0.397 e. The number of ether oxygens (including phenoxy) is 1. The summed E-state index contributed by atoms with van der Waals surface area (Å²) in [6, 6.07) is 4.03. The lowest BCUT2D eigenvalue weighted by Crippen LogP contribution is -2.19. The Kier molecular flexibility index (Phi) is 5.23. The summed E-state index contributed by atoms with van der Waals surface area (Å²) in [5.74, 6) is -0.0759. The van der Waals surface area contributed by atoms with Crippen molar-refractivity contribution in [1.82, 2.24) is 0 Å². The SMILES string of the molecule is CCS(=O)(=O)c1ccc(N)c(NCCOC(F)(F)F)c1. The molecule has 0 amide bonds. The van der Waals surface area contributed by atoms with Crippen LogP contribution in [0.4, 0.5) is 24.5 Å². The predicted molar refractivity (Wildman–Crippen MR) is 69.1 cm³/mol. The Bertz CT molecular complexity index is 559. The van der Waals surface area contributed by atoms with E-state index < -0.39 is 22.8 Å². The number of nitrogen functional groups attached to an aromatic ring is 1. The van der Waals surface area contributed by atoms with Crippen molar-refractivity contribution in [3.63, 3.8) is 0 Å². The largest absolute Gasteiger partial charge is 0.522 e. The number of nitrogens with two attached hydrogens (primary N) is 1. The highest BCUT2D eigenvalue weighted by atomic mass is 32.2. The van der Waals surface area contributed by atoms with Gasteiger partial charge in [0.25, 0.3) is 0 Å². The number of benzene rings is 1. The van der Waals surface area contributed by atoms with E-state index in [1.807, 2.05) is 0 Å². The molecule has 0 aliphatic rings. The number of sulfone groups is 1. The zero-order valence-corrected chi connectivity index (χ0v) is 11.5. The number of hydrogen-bond donors (Lipinski definition) is 2. The minimum absolute atomic E-state index is 0.0634. The van der Waals surface area contributed by atoms with Gasteiger partial charge in [-0.2, -0.15) is 0 Å². The molecule has 0 aromatic heterocycles. The Morgan fingerprint density at radius 1 is 1.35 bits per heavy atom. The molecule has 0 spiro atoms. The fraction of sp³-hybridized carbons (Fsp3) is 0.455. The van der Waals surface area contributed by atoms with Crippen LogP contribution < -0.4 is 11.1 Å². The molecular formula is C11H15F3N2O3S. The van der Waals surface area contributed by atoms with Crippen LogP contribution in [-0.2, 0) is 14.6 Å². The molecule has 1 aromatic carbocycles. The zero-order chi connectivity index (χ0) is 15.4. The number of nitrogens with one attached hydrogen (secondary N) is 1. The molecule has 0 bridgehead atoms. The van der Waals surface area contributed by atoms with Gasteiger partial charge in [-0.25, -0.2) is 8.42 Å². The van der Waals surface area contributed by atoms with E-state index in [0.717, 1.165) is 0 Å². The standard InChI is InChI=1S/C11H15F3N2O3S/c1-2-20(17,18)8-3-4-9(15)10(7-8)16-5-6-19-11(12,13)14/h3-4,7,16H,2,5-6,15H2,1H3. The van der Waals surface area contributed by atoms with Gasteiger partial charge in [0, 0.05) is 6.54 Å². The fourth-order valence-electron chi connectivity index (χ4n) is 1.40. The molecule has 0 unspecified atom stereocenters. The molecule has 0 saturated carbocycles. The maximum atomic E-state index is 11.8. The van der Waals surface area contributed by atoms with Crippen molar-refractivity contribution in [1.29, 1.82) is 0 Å². The Morgan fingerprint density at radius 2 is 2.00 bits per heavy atom. The second-order valence-corrected chi connectivity index (χ2v) is 6.15. The first-order valence-corrected chi connectivity index (χ1v) is 7.38. The van der Waals surface area contributed by atoms with Crippen LogP contribution in [0, 0.1) is 0 Å². The third-order valence-electron chi connectivity index (χ3n) is 2.45. The number of anilines is 2. The monoisotopic (exact) mass is 312 g/mol. The smallest absolute Gasteiger partial charge is 0.397 e. The molecule has 5 nitrogen and oxygen atoms in total. The van der Waals surface area contributed by atoms with E-state index in [-0.39, 0.29) is 28.6 Å². The second kappa shape index (κ2) is 6.31. The van der Waals surface area contributed by atoms with E-state index in [1.54, 1.807) is 0 Å². The molecule has 0 radical (unpaired) electrons. The van der Waals surface area contributed by atoms with Crippen LogP contribution in [0.5, 0.6) is 0 Å². The number of hydrogen-bond acceptors (Lipinski definition) is 5. The second-order valence-electron chi connectivity index (χ2n) is 3.87. The van der Waals surface area contributed by atoms with Crippen LogP contribution in [0.25, 0.3) is 0 Å². The van der Waals surface area contributed by atoms with E-state index in [0.29, 0.717) is 0 Å². The Balaban J connectivity index is 2.73. The fourth-order valence-corrected chi connectivity index (χ4v) is 2.31. The summed E-state index contributed by atoms with van der Waals surface area (Å²) < 4.78 is 62.3. The summed E-state index contributed by atoms with van der Waals surface area (Å²) in [7, 11) is -3.40. The van der Waals surface area contributed by atoms with Crippen molar-refractivity contribution in [2.75, 3.05) is 30.0 Å². The molecule has 0 fully saturated rings. The average Bonchev–Trinajstić information content (AvgIpc) is 2.35. The lowest BCUT2D eigenvalue weighted by Gasteiger charge is -2.12. The summed E-state index contributed by atoms with van der Waals surface area (Å²) in [4.78, 5) is 0.0634. The highest BCUT2D eigenvalue weighted by Gasteiger charge is 2.28. The lowest BCUT2D eigenvalue weighted by atomic mass is 10.2. The van der Waals surface area contributed by atoms with Crippen molar-refractivity contribution in [3.8, 4) is 0 Å². The highest BCUT2D eigenvalue weighted by molar-refractivity contribution is 7.91. The molecule has 0 atom stereocenters. The number of halogens is 3. The summed E-state index contributed by atoms with van der Waals surface area (Å²) in [6.45, 7) is 0.739. The molecular weight excluding hydrogens is 297 g/mol. The third kappa shape index (κ3) is 4.89. The van der Waals surface area contributed by atoms with E-state index >= 15 is 0 Å². The Hall–Kier alpha value is -1.48. The van der Waals surface area contributed by atoms with Crippen molar-refractivity contribution in [3.05, 3.63) is 18.2 Å². The molecule has 3 N–H and O–H groups in total. The van der Waals surface area contributed by atoms with Gasteiger partial charge in [0.05, 0.1) is 28.6 Å². The van der Waals surface area contributed by atoms with E-state index in [4.69, 9.17) is 5.73 Å². The molecule has 20 heavy (non-hydrogen) atoms. The van der Waals surface area contributed by atoms with Crippen molar-refractivity contribution in [2.45, 2.75) is 18.2 Å². The summed E-state index contributed by atoms with van der Waals surface area (Å²) in [5.41, 5.74) is 6.12. The molecule has 0 aliphatic carbocycles. The van der Waals surface area contributed by atoms with Gasteiger partial charge in [0.15, 0.2) is 9.84 Å². The Morgan fingerprint density at radius 3 is 2.55 bits per heavy atom. The van der Waals surface area contributed by atoms with Crippen molar-refractivity contribution < 1.29 is 26.3 Å². The topological polar surface area (TPSA) is 81.4 Å². The molecule has 1 rings (SSSR count). The van der Waals surface area contributed by atoms with Crippen LogP contribution >= 0.6 is 0 Å². The molecule has 9 heteroatoms. The summed E-state index contributed by atoms with van der Waals surface area (Å²) in [6.07, 6.45) is -4.69. The van der Waals surface area contributed by atoms with E-state index in [9.17, 15) is 21.6 Å². The molecule has 1 aromatic rings. The first-order chi connectivity index (χ1) is 9.15. The minimum atomic E-state index is -4.69. The molecule has 0 aliphatic heterocycles. The van der Waals surface area contributed by atoms with Crippen molar-refractivity contribution in [2.24, 2.45) is 0 Å². The molecule has 114 valence electrons. The molecule has 0 heterocycles. The van der Waals surface area contributed by atoms with E-state index in [2.05, 4.69) is 10.1 Å². The van der Waals surface area contributed by atoms with Gasteiger partial charge in [0.1, 0.15) is 0 Å². The summed E-state index contributed by atoms with van der Waals surface area (Å²) in [5, 5.41) is 2.61. The average molecular weight is 312 g/mol. The van der Waals surface area contributed by atoms with Gasteiger partial charge >= 0.3 is 6.36 Å². The van der Waals surface area contributed by atoms with E-state index in [1.165, 1.54) is 25.1 Å². The van der Waals surface area contributed by atoms with Crippen molar-refractivity contribution >= 4 is 21.2 Å². The normalized spacial score (nSPS) is 12.4. The number of rotatable bonds is 6.